The van der Waals surface area contributed by atoms with E-state index in [1.165, 1.54) is 21.2 Å². The topological polar surface area (TPSA) is 24.7 Å². The first-order valence-corrected chi connectivity index (χ1v) is 8.18. The van der Waals surface area contributed by atoms with Crippen molar-refractivity contribution >= 4 is 34.1 Å². The molecule has 2 aliphatic rings. The summed E-state index contributed by atoms with van der Waals surface area (Å²) in [5.74, 6) is 1.06. The third-order valence-corrected chi connectivity index (χ3v) is 6.01. The molecule has 0 spiro atoms. The van der Waals surface area contributed by atoms with Crippen LogP contribution in [0, 0.1) is 17.3 Å². The summed E-state index contributed by atoms with van der Waals surface area (Å²) in [6, 6.07) is 8.48. The molecule has 0 N–H and O–H groups in total. The van der Waals surface area contributed by atoms with E-state index in [1.54, 1.807) is 22.7 Å². The first kappa shape index (κ1) is 11.6. The maximum atomic E-state index is 4.55. The van der Waals surface area contributed by atoms with Gasteiger partial charge in [-0.1, -0.05) is 26.0 Å². The Balaban J connectivity index is 1.81. The van der Waals surface area contributed by atoms with Gasteiger partial charge in [-0.15, -0.1) is 22.7 Å². The molecule has 1 aliphatic heterocycles. The van der Waals surface area contributed by atoms with E-state index in [1.807, 2.05) is 0 Å². The van der Waals surface area contributed by atoms with Crippen LogP contribution in [0.15, 0.2) is 45.2 Å². The molecule has 3 heterocycles. The first-order chi connectivity index (χ1) is 9.19. The first-order valence-electron chi connectivity index (χ1n) is 6.43. The van der Waals surface area contributed by atoms with Gasteiger partial charge in [0.05, 0.1) is 21.2 Å². The average molecular weight is 286 g/mol. The summed E-state index contributed by atoms with van der Waals surface area (Å²) in [5.41, 5.74) is 2.65. The second-order valence-corrected chi connectivity index (χ2v) is 7.60. The molecular weight excluding hydrogens is 272 g/mol. The Morgan fingerprint density at radius 2 is 1.37 bits per heavy atom. The van der Waals surface area contributed by atoms with Crippen molar-refractivity contribution in [1.29, 1.82) is 0 Å². The van der Waals surface area contributed by atoms with Crippen molar-refractivity contribution in [3.63, 3.8) is 0 Å². The van der Waals surface area contributed by atoms with Gasteiger partial charge in [0.2, 0.25) is 0 Å². The number of nitrogens with zero attached hydrogens (tertiary/aromatic N) is 2. The third kappa shape index (κ3) is 1.60. The second kappa shape index (κ2) is 3.87. The zero-order chi connectivity index (χ0) is 13.0. The minimum atomic E-state index is 0.280. The molecule has 0 radical (unpaired) electrons. The van der Waals surface area contributed by atoms with Gasteiger partial charge in [-0.05, 0) is 28.3 Å². The normalized spacial score (nSPS) is 27.5. The van der Waals surface area contributed by atoms with Crippen LogP contribution in [0.25, 0.3) is 0 Å². The molecule has 2 aromatic heterocycles. The largest absolute Gasteiger partial charge is 0.154 e. The molecule has 0 saturated heterocycles. The van der Waals surface area contributed by atoms with Gasteiger partial charge in [-0.2, -0.15) is 10.2 Å². The maximum Gasteiger partial charge on any atom is 0.0845 e. The molecule has 0 amide bonds. The van der Waals surface area contributed by atoms with Crippen molar-refractivity contribution in [2.75, 3.05) is 0 Å². The molecule has 96 valence electrons. The molecule has 1 fully saturated rings. The van der Waals surface area contributed by atoms with Crippen molar-refractivity contribution in [2.24, 2.45) is 27.5 Å². The number of fused-ring (bicyclic) bond motifs is 1. The van der Waals surface area contributed by atoms with Gasteiger partial charge in [0, 0.05) is 11.8 Å². The molecule has 0 aromatic carbocycles. The Labute approximate surface area is 120 Å². The van der Waals surface area contributed by atoms with Crippen molar-refractivity contribution in [3.8, 4) is 0 Å². The lowest BCUT2D eigenvalue weighted by Gasteiger charge is -2.08. The summed E-state index contributed by atoms with van der Waals surface area (Å²) in [4.78, 5) is 2.55. The Kier molecular flexibility index (Phi) is 2.35. The van der Waals surface area contributed by atoms with Gasteiger partial charge < -0.3 is 0 Å². The lowest BCUT2D eigenvalue weighted by molar-refractivity contribution is 0.604. The number of thiophene rings is 2. The minimum Gasteiger partial charge on any atom is -0.154 e. The molecule has 1 saturated carbocycles. The van der Waals surface area contributed by atoms with Crippen LogP contribution >= 0.6 is 22.7 Å². The fraction of sp³-hybridized carbons (Fsp3) is 0.333. The van der Waals surface area contributed by atoms with E-state index >= 15 is 0 Å². The van der Waals surface area contributed by atoms with E-state index in [0.29, 0.717) is 11.8 Å². The molecule has 2 atom stereocenters. The summed E-state index contributed by atoms with van der Waals surface area (Å²) in [6.07, 6.45) is 0. The Morgan fingerprint density at radius 3 is 1.74 bits per heavy atom. The lowest BCUT2D eigenvalue weighted by atomic mass is 10.1. The highest BCUT2D eigenvalue weighted by Gasteiger charge is 2.64. The maximum absolute atomic E-state index is 4.55. The van der Waals surface area contributed by atoms with Crippen molar-refractivity contribution in [3.05, 3.63) is 44.8 Å². The summed E-state index contributed by atoms with van der Waals surface area (Å²) in [7, 11) is 0. The number of hydrogen-bond acceptors (Lipinski definition) is 4. The summed E-state index contributed by atoms with van der Waals surface area (Å²) >= 11 is 3.52. The molecule has 4 heteroatoms. The smallest absolute Gasteiger partial charge is 0.0845 e. The third-order valence-electron chi connectivity index (χ3n) is 4.23. The number of rotatable bonds is 2. The predicted molar refractivity (Wildman–Crippen MR) is 82.5 cm³/mol. The minimum absolute atomic E-state index is 0.280. The quantitative estimate of drug-likeness (QED) is 0.787. The SMILES string of the molecule is CC1(C)C2C(c3cccs3)=NN=C(c3cccs3)C21. The molecule has 2 unspecified atom stereocenters. The van der Waals surface area contributed by atoms with E-state index in [2.05, 4.69) is 59.1 Å². The summed E-state index contributed by atoms with van der Waals surface area (Å²) in [6.45, 7) is 4.67. The highest BCUT2D eigenvalue weighted by atomic mass is 32.1. The van der Waals surface area contributed by atoms with E-state index < -0.39 is 0 Å². The zero-order valence-corrected chi connectivity index (χ0v) is 12.5. The van der Waals surface area contributed by atoms with Gasteiger partial charge in [0.1, 0.15) is 0 Å². The van der Waals surface area contributed by atoms with Crippen LogP contribution in [-0.2, 0) is 0 Å². The van der Waals surface area contributed by atoms with Crippen LogP contribution in [0.1, 0.15) is 23.6 Å². The standard InChI is InChI=1S/C15H14N2S2/c1-15(2)11-12(15)14(10-6-4-8-19-10)17-16-13(11)9-5-3-7-18-9/h3-8,11-12H,1-2H3. The van der Waals surface area contributed by atoms with Gasteiger partial charge in [0.15, 0.2) is 0 Å². The van der Waals surface area contributed by atoms with E-state index in [-0.39, 0.29) is 5.41 Å². The van der Waals surface area contributed by atoms with Gasteiger partial charge >= 0.3 is 0 Å². The second-order valence-electron chi connectivity index (χ2n) is 5.70. The summed E-state index contributed by atoms with van der Waals surface area (Å²) < 4.78 is 0. The molecule has 0 bridgehead atoms. The molecule has 2 nitrogen and oxygen atoms in total. The van der Waals surface area contributed by atoms with Crippen LogP contribution in [0.3, 0.4) is 0 Å². The Bertz CT molecular complexity index is 605. The monoisotopic (exact) mass is 286 g/mol. The highest BCUT2D eigenvalue weighted by molar-refractivity contribution is 7.12. The molecular formula is C15H14N2S2. The molecule has 2 aromatic rings. The van der Waals surface area contributed by atoms with Crippen LogP contribution in [0.5, 0.6) is 0 Å². The highest BCUT2D eigenvalue weighted by Crippen LogP contribution is 2.62. The zero-order valence-electron chi connectivity index (χ0n) is 10.8. The van der Waals surface area contributed by atoms with Crippen LogP contribution in [-0.4, -0.2) is 11.4 Å². The van der Waals surface area contributed by atoms with Gasteiger partial charge in [-0.25, -0.2) is 0 Å². The Morgan fingerprint density at radius 1 is 0.895 bits per heavy atom. The van der Waals surface area contributed by atoms with Crippen molar-refractivity contribution < 1.29 is 0 Å². The number of hydrogen-bond donors (Lipinski definition) is 0. The van der Waals surface area contributed by atoms with E-state index in [4.69, 9.17) is 0 Å². The van der Waals surface area contributed by atoms with Crippen molar-refractivity contribution in [2.45, 2.75) is 13.8 Å². The molecule has 1 aliphatic carbocycles. The van der Waals surface area contributed by atoms with Gasteiger partial charge in [0.25, 0.3) is 0 Å². The van der Waals surface area contributed by atoms with Crippen LogP contribution < -0.4 is 0 Å². The average Bonchev–Trinajstić information content (AvgIpc) is 2.96. The van der Waals surface area contributed by atoms with Crippen LogP contribution in [0.2, 0.25) is 0 Å². The molecule has 19 heavy (non-hydrogen) atoms. The predicted octanol–water partition coefficient (Wildman–Crippen LogP) is 4.29. The fourth-order valence-corrected chi connectivity index (χ4v) is 4.64. The lowest BCUT2D eigenvalue weighted by Crippen LogP contribution is -2.13. The van der Waals surface area contributed by atoms with Gasteiger partial charge in [-0.3, -0.25) is 0 Å². The summed E-state index contributed by atoms with van der Waals surface area (Å²) in [5, 5.41) is 13.3. The van der Waals surface area contributed by atoms with E-state index in [9.17, 15) is 0 Å². The van der Waals surface area contributed by atoms with Crippen LogP contribution in [0.4, 0.5) is 0 Å². The Hall–Kier alpha value is -1.26. The van der Waals surface area contributed by atoms with E-state index in [0.717, 1.165) is 0 Å². The molecule has 4 rings (SSSR count). The van der Waals surface area contributed by atoms with Crippen molar-refractivity contribution in [1.82, 2.24) is 0 Å². The fourth-order valence-electron chi connectivity index (χ4n) is 3.14.